The van der Waals surface area contributed by atoms with Crippen LogP contribution in [0.25, 0.3) is 22.3 Å². The third-order valence-electron chi connectivity index (χ3n) is 3.05. The summed E-state index contributed by atoms with van der Waals surface area (Å²) in [5, 5.41) is 38.7. The average molecular weight is 349 g/mol. The summed E-state index contributed by atoms with van der Waals surface area (Å²) in [6.45, 7) is 0. The van der Waals surface area contributed by atoms with E-state index in [4.69, 9.17) is 4.42 Å². The molecule has 0 saturated heterocycles. The second-order valence-electron chi connectivity index (χ2n) is 4.52. The van der Waals surface area contributed by atoms with Crippen molar-refractivity contribution >= 4 is 31.4 Å². The van der Waals surface area contributed by atoms with Gasteiger partial charge in [-0.1, -0.05) is 0 Å². The van der Waals surface area contributed by atoms with Gasteiger partial charge in [0.05, 0.1) is 0 Å². The Bertz CT molecular complexity index is 860. The van der Waals surface area contributed by atoms with E-state index in [-0.39, 0.29) is 23.0 Å². The molecule has 0 bridgehead atoms. The number of rotatable bonds is 1. The van der Waals surface area contributed by atoms with Gasteiger partial charge in [0.15, 0.2) is 0 Å². The molecule has 3 rings (SSSR count). The van der Waals surface area contributed by atoms with Crippen molar-refractivity contribution in [1.29, 1.82) is 0 Å². The summed E-state index contributed by atoms with van der Waals surface area (Å²) < 4.78 is 6.31. The zero-order valence-corrected chi connectivity index (χ0v) is 12.3. The summed E-state index contributed by atoms with van der Waals surface area (Å²) in [6.07, 6.45) is 0. The molecular weight excluding hydrogens is 339 g/mol. The first-order valence-electron chi connectivity index (χ1n) is 5.98. The van der Waals surface area contributed by atoms with Gasteiger partial charge in [-0.15, -0.1) is 0 Å². The fourth-order valence-electron chi connectivity index (χ4n) is 2.05. The van der Waals surface area contributed by atoms with Gasteiger partial charge in [0, 0.05) is 0 Å². The van der Waals surface area contributed by atoms with Crippen molar-refractivity contribution in [2.45, 2.75) is 0 Å². The van der Waals surface area contributed by atoms with E-state index >= 15 is 0 Å². The normalized spacial score (nSPS) is 10.9. The van der Waals surface area contributed by atoms with Crippen LogP contribution >= 0.6 is 0 Å². The molecule has 2 aromatic carbocycles. The Kier molecular flexibility index (Phi) is 3.12. The molecule has 105 valence electrons. The molecule has 1 radical (unpaired) electrons. The van der Waals surface area contributed by atoms with Gasteiger partial charge in [-0.2, -0.15) is 0 Å². The average Bonchev–Trinajstić information content (AvgIpc) is 2.42. The van der Waals surface area contributed by atoms with Crippen LogP contribution in [-0.2, 0) is 0 Å². The van der Waals surface area contributed by atoms with E-state index in [1.165, 1.54) is 24.3 Å². The summed E-state index contributed by atoms with van der Waals surface area (Å²) in [5.74, 6) is -0.276. The van der Waals surface area contributed by atoms with Crippen LogP contribution in [0.5, 0.6) is 23.0 Å². The van der Waals surface area contributed by atoms with Crippen molar-refractivity contribution in [2.75, 3.05) is 0 Å². The Labute approximate surface area is 127 Å². The van der Waals surface area contributed by atoms with E-state index in [1.807, 2.05) is 0 Å². The molecule has 21 heavy (non-hydrogen) atoms. The maximum absolute atomic E-state index is 9.81. The van der Waals surface area contributed by atoms with E-state index in [0.717, 1.165) is 0 Å². The Balaban J connectivity index is 2.27. The molecule has 0 atom stereocenters. The second-order valence-corrected chi connectivity index (χ2v) is 5.44. The summed E-state index contributed by atoms with van der Waals surface area (Å²) in [7, 11) is 0. The maximum atomic E-state index is 9.81. The van der Waals surface area contributed by atoms with Gasteiger partial charge in [-0.05, 0) is 0 Å². The molecule has 0 spiro atoms. The van der Waals surface area contributed by atoms with Crippen LogP contribution in [0.4, 0.5) is 0 Å². The Morgan fingerprint density at radius 3 is 2.29 bits per heavy atom. The van der Waals surface area contributed by atoms with Gasteiger partial charge in [0.25, 0.3) is 0 Å². The van der Waals surface area contributed by atoms with Gasteiger partial charge in [-0.3, -0.25) is 0 Å². The fraction of sp³-hybridized carbons (Fsp3) is 0. The van der Waals surface area contributed by atoms with E-state index in [1.54, 1.807) is 12.1 Å². The number of phenolic OH excluding ortho intramolecular Hbond substituents is 4. The van der Waals surface area contributed by atoms with Crippen LogP contribution < -0.4 is 4.46 Å². The van der Waals surface area contributed by atoms with Crippen LogP contribution in [0.2, 0.25) is 0 Å². The topological polar surface area (TPSA) is 92.2 Å². The van der Waals surface area contributed by atoms with Crippen LogP contribution in [0, 0.1) is 0 Å². The Morgan fingerprint density at radius 2 is 1.57 bits per heavy atom. The van der Waals surface area contributed by atoms with E-state index < -0.39 is 0 Å². The molecule has 1 aromatic heterocycles. The molecule has 0 amide bonds. The molecule has 0 unspecified atom stereocenters. The van der Waals surface area contributed by atoms with E-state index in [9.17, 15) is 20.4 Å². The van der Waals surface area contributed by atoms with Crippen molar-refractivity contribution in [3.05, 3.63) is 36.4 Å². The van der Waals surface area contributed by atoms with Crippen LogP contribution in [0.3, 0.4) is 0 Å². The predicted molar refractivity (Wildman–Crippen MR) is 78.1 cm³/mol. The first kappa shape index (κ1) is 13.5. The summed E-state index contributed by atoms with van der Waals surface area (Å²) >= 11 is 2.83. The number of hydrogen-bond acceptors (Lipinski definition) is 4. The Hall–Kier alpha value is -2.43. The standard InChI is InChI=1S/C15H9O5Se/c16-8-4-11(18)9-6-14(21)15(20-13(9)5-8)7-1-2-10(17)12(19)3-7/h1-6H,(H3-,16,17,18,19)/p+1. The van der Waals surface area contributed by atoms with Gasteiger partial charge < -0.3 is 0 Å². The van der Waals surface area contributed by atoms with Crippen molar-refractivity contribution in [2.24, 2.45) is 0 Å². The molecule has 0 saturated carbocycles. The molecule has 0 aliphatic heterocycles. The van der Waals surface area contributed by atoms with Gasteiger partial charge in [-0.25, -0.2) is 0 Å². The van der Waals surface area contributed by atoms with Crippen LogP contribution in [-0.4, -0.2) is 36.4 Å². The number of phenols is 4. The number of hydrogen-bond donors (Lipinski definition) is 4. The van der Waals surface area contributed by atoms with Gasteiger partial charge in [0.1, 0.15) is 0 Å². The third-order valence-corrected chi connectivity index (χ3v) is 3.69. The van der Waals surface area contributed by atoms with Crippen LogP contribution in [0.15, 0.2) is 40.8 Å². The van der Waals surface area contributed by atoms with Crippen molar-refractivity contribution in [1.82, 2.24) is 0 Å². The number of aromatic hydroxyl groups is 4. The van der Waals surface area contributed by atoms with Crippen LogP contribution in [0.1, 0.15) is 0 Å². The molecule has 0 aliphatic carbocycles. The summed E-state index contributed by atoms with van der Waals surface area (Å²) in [5.41, 5.74) is 0.845. The molecule has 5 nitrogen and oxygen atoms in total. The minimum absolute atomic E-state index is 0.0923. The van der Waals surface area contributed by atoms with Gasteiger partial charge in [0.2, 0.25) is 0 Å². The van der Waals surface area contributed by atoms with Crippen molar-refractivity contribution in [3.63, 3.8) is 0 Å². The molecule has 0 aliphatic rings. The zero-order valence-electron chi connectivity index (χ0n) is 10.6. The SMILES string of the molecule is Oc1cc(O)c2cc([Se])c(-c3ccc(O)c(O)c3)[o+]c2c1. The fourth-order valence-corrected chi connectivity index (χ4v) is 2.63. The third kappa shape index (κ3) is 2.35. The molecule has 4 N–H and O–H groups in total. The molecule has 1 heterocycles. The molecule has 3 aromatic rings. The van der Waals surface area contributed by atoms with Crippen molar-refractivity contribution in [3.8, 4) is 34.3 Å². The quantitative estimate of drug-likeness (QED) is 0.306. The monoisotopic (exact) mass is 350 g/mol. The Morgan fingerprint density at radius 1 is 0.810 bits per heavy atom. The van der Waals surface area contributed by atoms with Gasteiger partial charge >= 0.3 is 127 Å². The zero-order chi connectivity index (χ0) is 15.1. The molecule has 0 fully saturated rings. The minimum atomic E-state index is -0.263. The molecule has 6 heteroatoms. The van der Waals surface area contributed by atoms with E-state index in [0.29, 0.717) is 26.8 Å². The molecular formula is C15H10O5Se+. The number of fused-ring (bicyclic) bond motifs is 1. The first-order valence-corrected chi connectivity index (χ1v) is 6.83. The number of benzene rings is 2. The second kappa shape index (κ2) is 4.84. The first-order chi connectivity index (χ1) is 9.95. The summed E-state index contributed by atoms with van der Waals surface area (Å²) in [4.78, 5) is 0. The summed E-state index contributed by atoms with van der Waals surface area (Å²) in [6, 6.07) is 8.59. The predicted octanol–water partition coefficient (Wildman–Crippen LogP) is 2.00. The van der Waals surface area contributed by atoms with E-state index in [2.05, 4.69) is 16.0 Å². The van der Waals surface area contributed by atoms with Crippen molar-refractivity contribution < 1.29 is 24.8 Å².